The molecule has 0 bridgehead atoms. The van der Waals surface area contributed by atoms with Gasteiger partial charge in [-0.15, -0.1) is 0 Å². The number of nitrogens with zero attached hydrogens (tertiary/aromatic N) is 3. The largest absolute Gasteiger partial charge is 0.338 e. The van der Waals surface area contributed by atoms with Crippen molar-refractivity contribution in [2.24, 2.45) is 11.3 Å². The molecule has 1 saturated heterocycles. The Morgan fingerprint density at radius 1 is 1.53 bits per heavy atom. The highest BCUT2D eigenvalue weighted by molar-refractivity contribution is 5.78. The number of carbonyl (C=O) groups is 1. The van der Waals surface area contributed by atoms with Crippen LogP contribution in [0, 0.1) is 22.7 Å². The van der Waals surface area contributed by atoms with Crippen molar-refractivity contribution in [1.82, 2.24) is 9.88 Å². The second-order valence-electron chi connectivity index (χ2n) is 6.20. The third-order valence-electron chi connectivity index (χ3n) is 3.75. The van der Waals surface area contributed by atoms with Crippen LogP contribution >= 0.6 is 0 Å². The zero-order valence-corrected chi connectivity index (χ0v) is 11.7. The van der Waals surface area contributed by atoms with E-state index in [9.17, 15) is 4.79 Å². The van der Waals surface area contributed by atoms with Crippen molar-refractivity contribution in [2.75, 3.05) is 6.54 Å². The summed E-state index contributed by atoms with van der Waals surface area (Å²) in [7, 11) is 0. The lowest BCUT2D eigenvalue weighted by Crippen LogP contribution is -2.27. The van der Waals surface area contributed by atoms with Crippen LogP contribution < -0.4 is 0 Å². The standard InChI is InChI=1S/C15H19N3O/c1-15(2,3)12-7-14(19)18(10-12)9-11-4-5-17-13(6-11)8-16/h4-6,12H,7,9-10H2,1-3H3. The highest BCUT2D eigenvalue weighted by Gasteiger charge is 2.36. The fourth-order valence-corrected chi connectivity index (χ4v) is 2.36. The summed E-state index contributed by atoms with van der Waals surface area (Å²) >= 11 is 0. The molecule has 1 fully saturated rings. The molecule has 1 aromatic heterocycles. The van der Waals surface area contributed by atoms with E-state index >= 15 is 0 Å². The number of likely N-dealkylation sites (tertiary alicyclic amines) is 1. The summed E-state index contributed by atoms with van der Waals surface area (Å²) in [4.78, 5) is 17.9. The number of amides is 1. The predicted octanol–water partition coefficient (Wildman–Crippen LogP) is 2.35. The molecule has 1 aliphatic rings. The quantitative estimate of drug-likeness (QED) is 0.817. The highest BCUT2D eigenvalue weighted by Crippen LogP contribution is 2.34. The Morgan fingerprint density at radius 2 is 2.26 bits per heavy atom. The fraction of sp³-hybridized carbons (Fsp3) is 0.533. The van der Waals surface area contributed by atoms with E-state index in [2.05, 4.69) is 25.8 Å². The summed E-state index contributed by atoms with van der Waals surface area (Å²) in [5.41, 5.74) is 1.52. The van der Waals surface area contributed by atoms with Crippen molar-refractivity contribution in [2.45, 2.75) is 33.7 Å². The maximum Gasteiger partial charge on any atom is 0.223 e. The molecule has 19 heavy (non-hydrogen) atoms. The Hall–Kier alpha value is -1.89. The summed E-state index contributed by atoms with van der Waals surface area (Å²) in [6.45, 7) is 7.90. The van der Waals surface area contributed by atoms with E-state index in [4.69, 9.17) is 5.26 Å². The van der Waals surface area contributed by atoms with E-state index in [1.165, 1.54) is 0 Å². The highest BCUT2D eigenvalue weighted by atomic mass is 16.2. The van der Waals surface area contributed by atoms with E-state index < -0.39 is 0 Å². The average molecular weight is 257 g/mol. The van der Waals surface area contributed by atoms with Crippen LogP contribution in [0.15, 0.2) is 18.3 Å². The van der Waals surface area contributed by atoms with Gasteiger partial charge in [0.2, 0.25) is 5.91 Å². The van der Waals surface area contributed by atoms with E-state index in [-0.39, 0.29) is 11.3 Å². The second-order valence-corrected chi connectivity index (χ2v) is 6.20. The third kappa shape index (κ3) is 3.11. The number of carbonyl (C=O) groups excluding carboxylic acids is 1. The van der Waals surface area contributed by atoms with Crippen LogP contribution in [0.1, 0.15) is 38.4 Å². The maximum atomic E-state index is 12.0. The van der Waals surface area contributed by atoms with Crippen LogP contribution in [-0.2, 0) is 11.3 Å². The molecule has 1 amide bonds. The van der Waals surface area contributed by atoms with Gasteiger partial charge >= 0.3 is 0 Å². The van der Waals surface area contributed by atoms with Gasteiger partial charge in [-0.2, -0.15) is 5.26 Å². The molecule has 0 aromatic carbocycles. The molecule has 1 atom stereocenters. The number of aromatic nitrogens is 1. The van der Waals surface area contributed by atoms with Gasteiger partial charge in [-0.3, -0.25) is 4.79 Å². The van der Waals surface area contributed by atoms with Gasteiger partial charge in [-0.1, -0.05) is 20.8 Å². The summed E-state index contributed by atoms with van der Waals surface area (Å²) < 4.78 is 0. The fourth-order valence-electron chi connectivity index (χ4n) is 2.36. The van der Waals surface area contributed by atoms with E-state index in [0.717, 1.165) is 12.1 Å². The first-order valence-corrected chi connectivity index (χ1v) is 6.53. The molecule has 2 rings (SSSR count). The van der Waals surface area contributed by atoms with Gasteiger partial charge < -0.3 is 4.90 Å². The van der Waals surface area contributed by atoms with Crippen LogP contribution in [0.3, 0.4) is 0 Å². The zero-order chi connectivity index (χ0) is 14.0. The van der Waals surface area contributed by atoms with Crippen LogP contribution in [0.2, 0.25) is 0 Å². The van der Waals surface area contributed by atoms with Gasteiger partial charge in [-0.05, 0) is 29.0 Å². The molecule has 4 nitrogen and oxygen atoms in total. The van der Waals surface area contributed by atoms with Gasteiger partial charge in [0, 0.05) is 25.7 Å². The Bertz CT molecular complexity index is 525. The summed E-state index contributed by atoms with van der Waals surface area (Å²) in [6, 6.07) is 5.63. The molecule has 0 radical (unpaired) electrons. The monoisotopic (exact) mass is 257 g/mol. The first kappa shape index (κ1) is 13.5. The molecule has 4 heteroatoms. The molecule has 1 aliphatic heterocycles. The van der Waals surface area contributed by atoms with E-state index in [1.54, 1.807) is 12.3 Å². The smallest absolute Gasteiger partial charge is 0.223 e. The number of rotatable bonds is 2. The molecular formula is C15H19N3O. The van der Waals surface area contributed by atoms with Crippen molar-refractivity contribution in [3.8, 4) is 6.07 Å². The summed E-state index contributed by atoms with van der Waals surface area (Å²) in [5.74, 6) is 0.604. The Labute approximate surface area is 114 Å². The number of hydrogen-bond donors (Lipinski definition) is 0. The van der Waals surface area contributed by atoms with Crippen LogP contribution in [0.5, 0.6) is 0 Å². The SMILES string of the molecule is CC(C)(C)C1CC(=O)N(Cc2ccnc(C#N)c2)C1. The number of hydrogen-bond acceptors (Lipinski definition) is 3. The van der Waals surface area contributed by atoms with Crippen molar-refractivity contribution in [3.05, 3.63) is 29.6 Å². The van der Waals surface area contributed by atoms with Crippen LogP contribution in [-0.4, -0.2) is 22.3 Å². The van der Waals surface area contributed by atoms with E-state index in [1.807, 2.05) is 17.0 Å². The summed E-state index contributed by atoms with van der Waals surface area (Å²) in [5, 5.41) is 8.83. The van der Waals surface area contributed by atoms with Crippen molar-refractivity contribution in [3.63, 3.8) is 0 Å². The van der Waals surface area contributed by atoms with Crippen LogP contribution in [0.4, 0.5) is 0 Å². The minimum Gasteiger partial charge on any atom is -0.338 e. The Balaban J connectivity index is 2.08. The van der Waals surface area contributed by atoms with E-state index in [0.29, 0.717) is 24.6 Å². The molecule has 100 valence electrons. The Morgan fingerprint density at radius 3 is 2.84 bits per heavy atom. The molecule has 0 saturated carbocycles. The zero-order valence-electron chi connectivity index (χ0n) is 11.7. The average Bonchev–Trinajstić information content (AvgIpc) is 2.71. The molecule has 0 N–H and O–H groups in total. The minimum atomic E-state index is 0.153. The van der Waals surface area contributed by atoms with Crippen molar-refractivity contribution in [1.29, 1.82) is 5.26 Å². The van der Waals surface area contributed by atoms with Crippen LogP contribution in [0.25, 0.3) is 0 Å². The molecule has 0 aliphatic carbocycles. The molecule has 0 spiro atoms. The maximum absolute atomic E-state index is 12.0. The van der Waals surface area contributed by atoms with Gasteiger partial charge in [-0.25, -0.2) is 4.98 Å². The second kappa shape index (κ2) is 5.00. The van der Waals surface area contributed by atoms with Gasteiger partial charge in [0.1, 0.15) is 11.8 Å². The normalized spacial score (nSPS) is 19.6. The molecule has 1 aromatic rings. The number of nitriles is 1. The minimum absolute atomic E-state index is 0.153. The first-order valence-electron chi connectivity index (χ1n) is 6.53. The van der Waals surface area contributed by atoms with Crippen molar-refractivity contribution >= 4 is 5.91 Å². The lowest BCUT2D eigenvalue weighted by molar-refractivity contribution is -0.128. The number of pyridine rings is 1. The topological polar surface area (TPSA) is 57.0 Å². The van der Waals surface area contributed by atoms with Gasteiger partial charge in [0.15, 0.2) is 0 Å². The predicted molar refractivity (Wildman–Crippen MR) is 71.9 cm³/mol. The van der Waals surface area contributed by atoms with Gasteiger partial charge in [0.05, 0.1) is 0 Å². The summed E-state index contributed by atoms with van der Waals surface area (Å²) in [6.07, 6.45) is 2.25. The van der Waals surface area contributed by atoms with Crippen molar-refractivity contribution < 1.29 is 4.79 Å². The Kier molecular flexibility index (Phi) is 3.57. The van der Waals surface area contributed by atoms with Gasteiger partial charge in [0.25, 0.3) is 0 Å². The first-order chi connectivity index (χ1) is 8.90. The molecular weight excluding hydrogens is 238 g/mol. The third-order valence-corrected chi connectivity index (χ3v) is 3.75. The molecule has 2 heterocycles. The lowest BCUT2D eigenvalue weighted by Gasteiger charge is -2.26. The lowest BCUT2D eigenvalue weighted by atomic mass is 9.80. The molecule has 1 unspecified atom stereocenters.